The molecule has 126 valence electrons. The fraction of sp³-hybridized carbons (Fsp3) is 0.611. The number of urea groups is 1. The standard InChI is InChI=1S/C18H26N2O3/c1-2-22-12-15-5-3-4-14(10-15)11-19-18(21)20-8-9-23-13-17(20)16-6-7-16/h3-5,10,16-17H,2,6-9,11-13H2,1H3,(H,19,21)/t17-/m0/s1. The Balaban J connectivity index is 1.53. The lowest BCUT2D eigenvalue weighted by molar-refractivity contribution is 0.00463. The van der Waals surface area contributed by atoms with E-state index < -0.39 is 0 Å². The minimum atomic E-state index is 0.0282. The molecule has 5 nitrogen and oxygen atoms in total. The summed E-state index contributed by atoms with van der Waals surface area (Å²) < 4.78 is 11.0. The van der Waals surface area contributed by atoms with Crippen LogP contribution >= 0.6 is 0 Å². The summed E-state index contributed by atoms with van der Waals surface area (Å²) in [7, 11) is 0. The monoisotopic (exact) mass is 318 g/mol. The van der Waals surface area contributed by atoms with E-state index >= 15 is 0 Å². The van der Waals surface area contributed by atoms with Crippen molar-refractivity contribution in [1.82, 2.24) is 10.2 Å². The third-order valence-electron chi connectivity index (χ3n) is 4.50. The van der Waals surface area contributed by atoms with Gasteiger partial charge < -0.3 is 19.7 Å². The van der Waals surface area contributed by atoms with E-state index in [1.54, 1.807) is 0 Å². The summed E-state index contributed by atoms with van der Waals surface area (Å²) in [5, 5.41) is 3.06. The zero-order valence-electron chi connectivity index (χ0n) is 13.8. The predicted molar refractivity (Wildman–Crippen MR) is 88.0 cm³/mol. The molecule has 23 heavy (non-hydrogen) atoms. The summed E-state index contributed by atoms with van der Waals surface area (Å²) in [6, 6.07) is 8.47. The molecule has 2 fully saturated rings. The Labute approximate surface area is 137 Å². The molecular weight excluding hydrogens is 292 g/mol. The predicted octanol–water partition coefficient (Wildman–Crippen LogP) is 2.54. The van der Waals surface area contributed by atoms with E-state index in [0.29, 0.717) is 45.4 Å². The van der Waals surface area contributed by atoms with E-state index in [0.717, 1.165) is 11.1 Å². The molecule has 1 N–H and O–H groups in total. The van der Waals surface area contributed by atoms with Crippen molar-refractivity contribution in [1.29, 1.82) is 0 Å². The van der Waals surface area contributed by atoms with Crippen molar-refractivity contribution in [3.8, 4) is 0 Å². The van der Waals surface area contributed by atoms with Crippen molar-refractivity contribution < 1.29 is 14.3 Å². The second-order valence-electron chi connectivity index (χ2n) is 6.29. The molecule has 1 aromatic carbocycles. The molecule has 5 heteroatoms. The molecule has 2 amide bonds. The van der Waals surface area contributed by atoms with Gasteiger partial charge in [0.25, 0.3) is 0 Å². The molecule has 1 aliphatic carbocycles. The van der Waals surface area contributed by atoms with Crippen LogP contribution in [0, 0.1) is 5.92 Å². The average molecular weight is 318 g/mol. The van der Waals surface area contributed by atoms with Crippen LogP contribution in [0.2, 0.25) is 0 Å². The van der Waals surface area contributed by atoms with Gasteiger partial charge in [0.1, 0.15) is 0 Å². The number of benzene rings is 1. The first-order chi connectivity index (χ1) is 11.3. The number of nitrogens with one attached hydrogen (secondary N) is 1. The second kappa shape index (κ2) is 7.79. The molecule has 0 bridgehead atoms. The van der Waals surface area contributed by atoms with Crippen LogP contribution in [-0.2, 0) is 22.6 Å². The SMILES string of the molecule is CCOCc1cccc(CNC(=O)N2CCOC[C@H]2C2CC2)c1. The molecule has 3 rings (SSSR count). The highest BCUT2D eigenvalue weighted by atomic mass is 16.5. The number of morpholine rings is 1. The highest BCUT2D eigenvalue weighted by molar-refractivity contribution is 5.74. The Bertz CT molecular complexity index is 531. The van der Waals surface area contributed by atoms with Crippen molar-refractivity contribution in [2.45, 2.75) is 39.0 Å². The number of hydrogen-bond donors (Lipinski definition) is 1. The van der Waals surface area contributed by atoms with Crippen LogP contribution in [0.4, 0.5) is 4.79 Å². The highest BCUT2D eigenvalue weighted by Crippen LogP contribution is 2.36. The first-order valence-corrected chi connectivity index (χ1v) is 8.55. The van der Waals surface area contributed by atoms with Crippen LogP contribution in [0.15, 0.2) is 24.3 Å². The topological polar surface area (TPSA) is 50.8 Å². The Morgan fingerprint density at radius 2 is 2.22 bits per heavy atom. The Morgan fingerprint density at radius 1 is 1.39 bits per heavy atom. The fourth-order valence-electron chi connectivity index (χ4n) is 3.08. The molecule has 1 aromatic rings. The smallest absolute Gasteiger partial charge is 0.318 e. The van der Waals surface area contributed by atoms with Gasteiger partial charge in [-0.3, -0.25) is 0 Å². The van der Waals surface area contributed by atoms with Crippen molar-refractivity contribution in [2.75, 3.05) is 26.4 Å². The summed E-state index contributed by atoms with van der Waals surface area (Å²) in [5.74, 6) is 0.635. The molecule has 1 atom stereocenters. The van der Waals surface area contributed by atoms with Gasteiger partial charge in [-0.1, -0.05) is 24.3 Å². The molecule has 0 aromatic heterocycles. The first-order valence-electron chi connectivity index (χ1n) is 8.55. The van der Waals surface area contributed by atoms with Crippen LogP contribution < -0.4 is 5.32 Å². The number of ether oxygens (including phenoxy) is 2. The van der Waals surface area contributed by atoms with Gasteiger partial charge >= 0.3 is 6.03 Å². The number of amides is 2. The summed E-state index contributed by atoms with van der Waals surface area (Å²) in [6.07, 6.45) is 2.44. The van der Waals surface area contributed by atoms with Gasteiger partial charge in [-0.15, -0.1) is 0 Å². The van der Waals surface area contributed by atoms with E-state index in [2.05, 4.69) is 11.4 Å². The largest absolute Gasteiger partial charge is 0.377 e. The van der Waals surface area contributed by atoms with Crippen LogP contribution in [0.1, 0.15) is 30.9 Å². The first kappa shape index (κ1) is 16.3. The fourth-order valence-corrected chi connectivity index (χ4v) is 3.08. The summed E-state index contributed by atoms with van der Waals surface area (Å²) in [5.41, 5.74) is 2.24. The van der Waals surface area contributed by atoms with E-state index in [-0.39, 0.29) is 12.1 Å². The lowest BCUT2D eigenvalue weighted by Crippen LogP contribution is -2.53. The van der Waals surface area contributed by atoms with Crippen molar-refractivity contribution in [3.05, 3.63) is 35.4 Å². The quantitative estimate of drug-likeness (QED) is 0.877. The van der Waals surface area contributed by atoms with Crippen LogP contribution in [0.3, 0.4) is 0 Å². The number of hydrogen-bond acceptors (Lipinski definition) is 3. The maximum atomic E-state index is 12.5. The Morgan fingerprint density at radius 3 is 3.00 bits per heavy atom. The second-order valence-corrected chi connectivity index (χ2v) is 6.29. The molecule has 2 aliphatic rings. The lowest BCUT2D eigenvalue weighted by Gasteiger charge is -2.35. The highest BCUT2D eigenvalue weighted by Gasteiger charge is 2.39. The number of rotatable bonds is 6. The van der Waals surface area contributed by atoms with E-state index in [1.165, 1.54) is 12.8 Å². The molecule has 0 unspecified atom stereocenters. The normalized spacial score (nSPS) is 21.3. The maximum absolute atomic E-state index is 12.5. The molecule has 1 aliphatic heterocycles. The molecule has 1 saturated carbocycles. The van der Waals surface area contributed by atoms with E-state index in [1.807, 2.05) is 30.0 Å². The minimum Gasteiger partial charge on any atom is -0.377 e. The zero-order valence-corrected chi connectivity index (χ0v) is 13.8. The third kappa shape index (κ3) is 4.45. The number of carbonyl (C=O) groups is 1. The average Bonchev–Trinajstić information content (AvgIpc) is 3.43. The van der Waals surface area contributed by atoms with Gasteiger partial charge in [-0.05, 0) is 36.8 Å². The molecule has 0 spiro atoms. The van der Waals surface area contributed by atoms with Gasteiger partial charge in [0, 0.05) is 19.7 Å². The molecular formula is C18H26N2O3. The number of carbonyl (C=O) groups excluding carboxylic acids is 1. The Hall–Kier alpha value is -1.59. The zero-order chi connectivity index (χ0) is 16.1. The summed E-state index contributed by atoms with van der Waals surface area (Å²) in [6.45, 7) is 5.88. The van der Waals surface area contributed by atoms with Gasteiger partial charge in [-0.2, -0.15) is 0 Å². The lowest BCUT2D eigenvalue weighted by atomic mass is 10.1. The van der Waals surface area contributed by atoms with Gasteiger partial charge in [0.15, 0.2) is 0 Å². The van der Waals surface area contributed by atoms with Crippen molar-refractivity contribution >= 4 is 6.03 Å². The van der Waals surface area contributed by atoms with Gasteiger partial charge in [0.2, 0.25) is 0 Å². The van der Waals surface area contributed by atoms with Gasteiger partial charge in [-0.25, -0.2) is 4.79 Å². The molecule has 0 radical (unpaired) electrons. The summed E-state index contributed by atoms with van der Waals surface area (Å²) in [4.78, 5) is 14.5. The van der Waals surface area contributed by atoms with Crippen LogP contribution in [0.25, 0.3) is 0 Å². The number of nitrogens with zero attached hydrogens (tertiary/aromatic N) is 1. The van der Waals surface area contributed by atoms with Crippen molar-refractivity contribution in [3.63, 3.8) is 0 Å². The maximum Gasteiger partial charge on any atom is 0.318 e. The van der Waals surface area contributed by atoms with E-state index in [9.17, 15) is 4.79 Å². The molecule has 1 saturated heterocycles. The van der Waals surface area contributed by atoms with Crippen molar-refractivity contribution in [2.24, 2.45) is 5.92 Å². The van der Waals surface area contributed by atoms with E-state index in [4.69, 9.17) is 9.47 Å². The van der Waals surface area contributed by atoms with Crippen LogP contribution in [0.5, 0.6) is 0 Å². The molecule has 1 heterocycles. The minimum absolute atomic E-state index is 0.0282. The van der Waals surface area contributed by atoms with Crippen LogP contribution in [-0.4, -0.2) is 43.3 Å². The Kier molecular flexibility index (Phi) is 5.51. The third-order valence-corrected chi connectivity index (χ3v) is 4.50. The van der Waals surface area contributed by atoms with Gasteiger partial charge in [0.05, 0.1) is 25.9 Å². The summed E-state index contributed by atoms with van der Waals surface area (Å²) >= 11 is 0.